The summed E-state index contributed by atoms with van der Waals surface area (Å²) in [7, 11) is 0. The molecular formula is C22H36O2. The first-order valence-corrected chi connectivity index (χ1v) is 9.73. The summed E-state index contributed by atoms with van der Waals surface area (Å²) >= 11 is 0. The van der Waals surface area contributed by atoms with E-state index in [1.165, 1.54) is 37.7 Å². The molecule has 1 unspecified atom stereocenters. The van der Waals surface area contributed by atoms with Crippen molar-refractivity contribution >= 4 is 0 Å². The van der Waals surface area contributed by atoms with Crippen LogP contribution in [0.25, 0.3) is 0 Å². The maximum atomic E-state index is 9.80. The normalized spacial score (nSPS) is 25.5. The summed E-state index contributed by atoms with van der Waals surface area (Å²) in [5.74, 6) is 0. The lowest BCUT2D eigenvalue weighted by Crippen LogP contribution is -2.19. The van der Waals surface area contributed by atoms with Gasteiger partial charge in [-0.1, -0.05) is 49.1 Å². The second kappa shape index (κ2) is 9.01. The number of aliphatic hydroxyl groups excluding tert-OH is 1. The molecule has 0 spiro atoms. The van der Waals surface area contributed by atoms with Crippen LogP contribution in [-0.4, -0.2) is 18.0 Å². The Morgan fingerprint density at radius 2 is 2.12 bits per heavy atom. The minimum atomic E-state index is -0.674. The number of hydrogen-bond donors (Lipinski definition) is 1. The highest BCUT2D eigenvalue weighted by molar-refractivity contribution is 5.22. The van der Waals surface area contributed by atoms with E-state index in [1.807, 2.05) is 0 Å². The molecule has 2 rings (SSSR count). The molecule has 2 heteroatoms. The molecule has 0 saturated carbocycles. The van der Waals surface area contributed by atoms with Crippen LogP contribution < -0.4 is 0 Å². The molecule has 0 amide bonds. The molecule has 0 fully saturated rings. The molecule has 2 aliphatic rings. The topological polar surface area (TPSA) is 29.5 Å². The van der Waals surface area contributed by atoms with Gasteiger partial charge in [-0.2, -0.15) is 0 Å². The van der Waals surface area contributed by atoms with Gasteiger partial charge in [-0.15, -0.1) is 0 Å². The van der Waals surface area contributed by atoms with Gasteiger partial charge in [-0.05, 0) is 76.2 Å². The molecule has 0 aromatic carbocycles. The average molecular weight is 333 g/mol. The molecule has 24 heavy (non-hydrogen) atoms. The third-order valence-electron chi connectivity index (χ3n) is 5.75. The highest BCUT2D eigenvalue weighted by atomic mass is 16.6. The number of ether oxygens (including phenoxy) is 1. The SMILES string of the molecule is CC1=C(CC/C(C)=C/CCC2=CCCOC2O)C(C)(C)CCCC1. The minimum Gasteiger partial charge on any atom is -0.364 e. The zero-order valence-corrected chi connectivity index (χ0v) is 16.2. The van der Waals surface area contributed by atoms with E-state index in [1.54, 1.807) is 11.1 Å². The molecule has 1 atom stereocenters. The Kier molecular flexibility index (Phi) is 7.31. The summed E-state index contributed by atoms with van der Waals surface area (Å²) < 4.78 is 5.28. The van der Waals surface area contributed by atoms with Gasteiger partial charge >= 0.3 is 0 Å². The van der Waals surface area contributed by atoms with Crippen LogP contribution in [0.15, 0.2) is 34.4 Å². The maximum absolute atomic E-state index is 9.80. The van der Waals surface area contributed by atoms with Crippen molar-refractivity contribution in [3.8, 4) is 0 Å². The number of allylic oxidation sites excluding steroid dienone is 4. The predicted molar refractivity (Wildman–Crippen MR) is 102 cm³/mol. The highest BCUT2D eigenvalue weighted by Gasteiger charge is 2.26. The second-order valence-corrected chi connectivity index (χ2v) is 8.23. The van der Waals surface area contributed by atoms with Gasteiger partial charge in [-0.3, -0.25) is 0 Å². The van der Waals surface area contributed by atoms with Crippen LogP contribution in [0.5, 0.6) is 0 Å². The van der Waals surface area contributed by atoms with Gasteiger partial charge in [0.05, 0.1) is 6.61 Å². The van der Waals surface area contributed by atoms with Crippen molar-refractivity contribution in [1.29, 1.82) is 0 Å². The maximum Gasteiger partial charge on any atom is 0.177 e. The Morgan fingerprint density at radius 3 is 2.88 bits per heavy atom. The van der Waals surface area contributed by atoms with Crippen molar-refractivity contribution in [2.24, 2.45) is 5.41 Å². The standard InChI is InChI=1S/C22H36O2/c1-17(9-7-11-19-12-8-16-24-21(19)23)13-14-20-18(2)10-5-6-15-22(20,3)4/h9,12,21,23H,5-8,10-11,13-16H2,1-4H3/b17-9+. The summed E-state index contributed by atoms with van der Waals surface area (Å²) in [6.45, 7) is 10.1. The Labute approximate surface area is 148 Å². The van der Waals surface area contributed by atoms with Gasteiger partial charge in [-0.25, -0.2) is 0 Å². The largest absolute Gasteiger partial charge is 0.364 e. The van der Waals surface area contributed by atoms with Crippen molar-refractivity contribution in [3.63, 3.8) is 0 Å². The summed E-state index contributed by atoms with van der Waals surface area (Å²) in [4.78, 5) is 0. The van der Waals surface area contributed by atoms with Crippen LogP contribution in [-0.2, 0) is 4.74 Å². The van der Waals surface area contributed by atoms with Crippen LogP contribution in [0.2, 0.25) is 0 Å². The van der Waals surface area contributed by atoms with Crippen molar-refractivity contribution in [2.75, 3.05) is 6.61 Å². The summed E-state index contributed by atoms with van der Waals surface area (Å²) in [6.07, 6.45) is 14.3. The van der Waals surface area contributed by atoms with Gasteiger partial charge in [0.25, 0.3) is 0 Å². The highest BCUT2D eigenvalue weighted by Crippen LogP contribution is 2.41. The molecular weight excluding hydrogens is 296 g/mol. The molecule has 136 valence electrons. The van der Waals surface area contributed by atoms with E-state index in [4.69, 9.17) is 4.74 Å². The molecule has 1 heterocycles. The Bertz CT molecular complexity index is 508. The summed E-state index contributed by atoms with van der Waals surface area (Å²) in [6, 6.07) is 0. The first kappa shape index (κ1) is 19.5. The smallest absolute Gasteiger partial charge is 0.177 e. The fourth-order valence-electron chi connectivity index (χ4n) is 4.16. The van der Waals surface area contributed by atoms with E-state index >= 15 is 0 Å². The van der Waals surface area contributed by atoms with Crippen LogP contribution >= 0.6 is 0 Å². The van der Waals surface area contributed by atoms with Crippen LogP contribution in [0.4, 0.5) is 0 Å². The fraction of sp³-hybridized carbons (Fsp3) is 0.727. The third-order valence-corrected chi connectivity index (χ3v) is 5.75. The van der Waals surface area contributed by atoms with Gasteiger partial charge in [0, 0.05) is 0 Å². The van der Waals surface area contributed by atoms with E-state index in [2.05, 4.69) is 39.8 Å². The van der Waals surface area contributed by atoms with Crippen LogP contribution in [0, 0.1) is 5.41 Å². The van der Waals surface area contributed by atoms with Crippen molar-refractivity contribution < 1.29 is 9.84 Å². The van der Waals surface area contributed by atoms with Crippen LogP contribution in [0.1, 0.15) is 85.5 Å². The molecule has 0 saturated heterocycles. The van der Waals surface area contributed by atoms with Gasteiger partial charge in [0.2, 0.25) is 0 Å². The minimum absolute atomic E-state index is 0.370. The lowest BCUT2D eigenvalue weighted by Gasteiger charge is -2.29. The molecule has 1 aliphatic carbocycles. The number of aliphatic hydroxyl groups is 1. The number of hydrogen-bond acceptors (Lipinski definition) is 2. The third kappa shape index (κ3) is 5.60. The first-order chi connectivity index (χ1) is 11.4. The van der Waals surface area contributed by atoms with Gasteiger partial charge < -0.3 is 9.84 Å². The van der Waals surface area contributed by atoms with Gasteiger partial charge in [0.15, 0.2) is 6.29 Å². The van der Waals surface area contributed by atoms with E-state index < -0.39 is 6.29 Å². The first-order valence-electron chi connectivity index (χ1n) is 9.73. The van der Waals surface area contributed by atoms with Crippen LogP contribution in [0.3, 0.4) is 0 Å². The molecule has 0 bridgehead atoms. The van der Waals surface area contributed by atoms with E-state index in [0.717, 1.165) is 31.3 Å². The zero-order valence-electron chi connectivity index (χ0n) is 16.2. The molecule has 0 aromatic rings. The number of rotatable bonds is 6. The van der Waals surface area contributed by atoms with Crippen molar-refractivity contribution in [3.05, 3.63) is 34.4 Å². The van der Waals surface area contributed by atoms with E-state index in [9.17, 15) is 5.11 Å². The molecule has 0 radical (unpaired) electrons. The molecule has 1 N–H and O–H groups in total. The molecule has 2 nitrogen and oxygen atoms in total. The molecule has 0 aromatic heterocycles. The Morgan fingerprint density at radius 1 is 1.33 bits per heavy atom. The van der Waals surface area contributed by atoms with Crippen molar-refractivity contribution in [1.82, 2.24) is 0 Å². The fourth-order valence-corrected chi connectivity index (χ4v) is 4.16. The lowest BCUT2D eigenvalue weighted by molar-refractivity contribution is -0.0794. The van der Waals surface area contributed by atoms with Crippen molar-refractivity contribution in [2.45, 2.75) is 91.8 Å². The Hall–Kier alpha value is -0.860. The summed E-state index contributed by atoms with van der Waals surface area (Å²) in [5.41, 5.74) is 6.23. The van der Waals surface area contributed by atoms with E-state index in [0.29, 0.717) is 12.0 Å². The van der Waals surface area contributed by atoms with E-state index in [-0.39, 0.29) is 0 Å². The average Bonchev–Trinajstić information content (AvgIpc) is 2.65. The quantitative estimate of drug-likeness (QED) is 0.598. The van der Waals surface area contributed by atoms with Gasteiger partial charge in [0.1, 0.15) is 0 Å². The summed E-state index contributed by atoms with van der Waals surface area (Å²) in [5, 5.41) is 9.80. The lowest BCUT2D eigenvalue weighted by atomic mass is 9.77. The molecule has 1 aliphatic heterocycles. The Balaban J connectivity index is 1.85. The second-order valence-electron chi connectivity index (χ2n) is 8.23. The monoisotopic (exact) mass is 332 g/mol. The zero-order chi connectivity index (χ0) is 17.6. The predicted octanol–water partition coefficient (Wildman–Crippen LogP) is 6.07.